The molecule has 2 fully saturated rings. The van der Waals surface area contributed by atoms with Crippen LogP contribution in [-0.2, 0) is 4.79 Å². The molecule has 3 rings (SSSR count). The average Bonchev–Trinajstić information content (AvgIpc) is 2.61. The van der Waals surface area contributed by atoms with E-state index in [4.69, 9.17) is 0 Å². The van der Waals surface area contributed by atoms with Crippen molar-refractivity contribution in [2.45, 2.75) is 19.8 Å². The summed E-state index contributed by atoms with van der Waals surface area (Å²) in [5, 5.41) is 6.54. The Morgan fingerprint density at radius 2 is 1.79 bits per heavy atom. The van der Waals surface area contributed by atoms with Gasteiger partial charge in [-0.2, -0.15) is 16.9 Å². The van der Waals surface area contributed by atoms with Crippen molar-refractivity contribution in [3.63, 3.8) is 0 Å². The first-order chi connectivity index (χ1) is 11.6. The van der Waals surface area contributed by atoms with E-state index >= 15 is 0 Å². The number of aromatic amines is 1. The number of nitrogens with zero attached hydrogens (tertiary/aromatic N) is 3. The van der Waals surface area contributed by atoms with E-state index in [1.54, 1.807) is 11.8 Å². The van der Waals surface area contributed by atoms with Crippen LogP contribution >= 0.6 is 11.8 Å². The lowest BCUT2D eigenvalue weighted by Crippen LogP contribution is -2.52. The van der Waals surface area contributed by atoms with Gasteiger partial charge in [0, 0.05) is 43.9 Å². The highest BCUT2D eigenvalue weighted by molar-refractivity contribution is 7.99. The Labute approximate surface area is 144 Å². The molecule has 0 atom stereocenters. The number of piperazine rings is 1. The summed E-state index contributed by atoms with van der Waals surface area (Å²) in [7, 11) is 0. The topological polar surface area (TPSA) is 86.4 Å². The molecule has 8 heteroatoms. The monoisotopic (exact) mass is 350 g/mol. The number of amides is 2. The van der Waals surface area contributed by atoms with Crippen molar-refractivity contribution in [1.82, 2.24) is 20.0 Å². The van der Waals surface area contributed by atoms with Gasteiger partial charge in [0.1, 0.15) is 0 Å². The number of rotatable bonds is 2. The molecule has 0 aliphatic carbocycles. The number of hydrogen-bond donors (Lipinski definition) is 1. The molecule has 2 aliphatic heterocycles. The highest BCUT2D eigenvalue weighted by Crippen LogP contribution is 2.25. The standard InChI is InChI=1S/C16H22N4O3S/c1-11-10-13(21)14(18-17-11)16(23)20-6-4-19(5-7-20)15(22)12-2-8-24-9-3-12/h10,12H,2-9H2,1H3,(H,17,21). The molecule has 0 saturated carbocycles. The zero-order valence-corrected chi connectivity index (χ0v) is 14.6. The normalized spacial score (nSPS) is 19.4. The lowest BCUT2D eigenvalue weighted by atomic mass is 10.0. The fourth-order valence-electron chi connectivity index (χ4n) is 3.13. The first-order valence-electron chi connectivity index (χ1n) is 8.28. The minimum Gasteiger partial charge on any atom is -0.339 e. The number of carbonyl (C=O) groups is 2. The Morgan fingerprint density at radius 3 is 2.42 bits per heavy atom. The Morgan fingerprint density at radius 1 is 1.17 bits per heavy atom. The van der Waals surface area contributed by atoms with Gasteiger partial charge in [-0.25, -0.2) is 0 Å². The number of aromatic nitrogens is 2. The second-order valence-corrected chi connectivity index (χ2v) is 7.49. The maximum absolute atomic E-state index is 12.5. The highest BCUT2D eigenvalue weighted by atomic mass is 32.2. The number of carbonyl (C=O) groups excluding carboxylic acids is 2. The fraction of sp³-hybridized carbons (Fsp3) is 0.625. The lowest BCUT2D eigenvalue weighted by Gasteiger charge is -2.36. The van der Waals surface area contributed by atoms with Gasteiger partial charge in [0.2, 0.25) is 11.3 Å². The Kier molecular flexibility index (Phi) is 5.23. The third-order valence-corrected chi connectivity index (χ3v) is 5.63. The summed E-state index contributed by atoms with van der Waals surface area (Å²) in [4.78, 5) is 40.4. The molecule has 2 amide bonds. The molecule has 0 spiro atoms. The molecule has 7 nitrogen and oxygen atoms in total. The Bertz CT molecular complexity index is 676. The van der Waals surface area contributed by atoms with E-state index in [-0.39, 0.29) is 28.9 Å². The summed E-state index contributed by atoms with van der Waals surface area (Å²) >= 11 is 1.90. The summed E-state index contributed by atoms with van der Waals surface area (Å²) in [5.74, 6) is 2.09. The van der Waals surface area contributed by atoms with Crippen LogP contribution in [-0.4, -0.2) is 69.5 Å². The van der Waals surface area contributed by atoms with Crippen molar-refractivity contribution in [3.05, 3.63) is 27.7 Å². The third-order valence-electron chi connectivity index (χ3n) is 4.58. The van der Waals surface area contributed by atoms with Gasteiger partial charge in [-0.15, -0.1) is 0 Å². The first kappa shape index (κ1) is 17.0. The molecule has 1 N–H and O–H groups in total. The number of H-pyrrole nitrogens is 1. The van der Waals surface area contributed by atoms with Gasteiger partial charge in [-0.3, -0.25) is 19.5 Å². The van der Waals surface area contributed by atoms with Gasteiger partial charge >= 0.3 is 0 Å². The molecule has 2 saturated heterocycles. The molecule has 0 radical (unpaired) electrons. The van der Waals surface area contributed by atoms with E-state index in [0.717, 1.165) is 24.3 Å². The Hall–Kier alpha value is -1.83. The van der Waals surface area contributed by atoms with Crippen LogP contribution in [0.15, 0.2) is 10.9 Å². The maximum Gasteiger partial charge on any atom is 0.278 e. The van der Waals surface area contributed by atoms with Crippen LogP contribution < -0.4 is 5.43 Å². The van der Waals surface area contributed by atoms with Gasteiger partial charge in [-0.1, -0.05) is 0 Å². The predicted octanol–water partition coefficient (Wildman–Crippen LogP) is 0.506. The SMILES string of the molecule is Cc1cc(=O)c(C(=O)N2CCN(C(=O)C3CCSCC3)CC2)n[nH]1. The smallest absolute Gasteiger partial charge is 0.278 e. The molecule has 1 aromatic rings. The van der Waals surface area contributed by atoms with Crippen molar-refractivity contribution in [1.29, 1.82) is 0 Å². The van der Waals surface area contributed by atoms with E-state index in [0.29, 0.717) is 31.9 Å². The third kappa shape index (κ3) is 3.63. The van der Waals surface area contributed by atoms with Crippen LogP contribution in [0, 0.1) is 12.8 Å². The fourth-order valence-corrected chi connectivity index (χ4v) is 4.24. The van der Waals surface area contributed by atoms with Crippen LogP contribution in [0.1, 0.15) is 29.0 Å². The van der Waals surface area contributed by atoms with E-state index < -0.39 is 0 Å². The maximum atomic E-state index is 12.5. The average molecular weight is 350 g/mol. The minimum atomic E-state index is -0.366. The summed E-state index contributed by atoms with van der Waals surface area (Å²) < 4.78 is 0. The van der Waals surface area contributed by atoms with Crippen molar-refractivity contribution in [2.75, 3.05) is 37.7 Å². The predicted molar refractivity (Wildman–Crippen MR) is 92.1 cm³/mol. The summed E-state index contributed by atoms with van der Waals surface area (Å²) in [6, 6.07) is 1.38. The largest absolute Gasteiger partial charge is 0.339 e. The second kappa shape index (κ2) is 7.38. The van der Waals surface area contributed by atoms with E-state index in [9.17, 15) is 14.4 Å². The Balaban J connectivity index is 1.59. The highest BCUT2D eigenvalue weighted by Gasteiger charge is 2.30. The number of thioether (sulfide) groups is 1. The van der Waals surface area contributed by atoms with Crippen LogP contribution in [0.25, 0.3) is 0 Å². The molecule has 3 heterocycles. The molecule has 1 aromatic heterocycles. The summed E-state index contributed by atoms with van der Waals surface area (Å²) in [6.07, 6.45) is 1.90. The van der Waals surface area contributed by atoms with Gasteiger partial charge in [0.05, 0.1) is 0 Å². The van der Waals surface area contributed by atoms with Crippen molar-refractivity contribution in [2.24, 2.45) is 5.92 Å². The molecule has 0 aromatic carbocycles. The molecule has 2 aliphatic rings. The van der Waals surface area contributed by atoms with Crippen LogP contribution in [0.3, 0.4) is 0 Å². The number of nitrogens with one attached hydrogen (secondary N) is 1. The molecule has 0 bridgehead atoms. The number of hydrogen-bond acceptors (Lipinski definition) is 5. The van der Waals surface area contributed by atoms with Gasteiger partial charge in [0.15, 0.2) is 5.69 Å². The lowest BCUT2D eigenvalue weighted by molar-refractivity contribution is -0.137. The van der Waals surface area contributed by atoms with Gasteiger partial charge in [-0.05, 0) is 31.3 Å². The zero-order valence-electron chi connectivity index (χ0n) is 13.8. The van der Waals surface area contributed by atoms with Crippen molar-refractivity contribution < 1.29 is 9.59 Å². The van der Waals surface area contributed by atoms with E-state index in [1.165, 1.54) is 6.07 Å². The zero-order chi connectivity index (χ0) is 17.1. The van der Waals surface area contributed by atoms with Crippen LogP contribution in [0.2, 0.25) is 0 Å². The second-order valence-electron chi connectivity index (χ2n) is 6.27. The first-order valence-corrected chi connectivity index (χ1v) is 9.44. The molecule has 0 unspecified atom stereocenters. The summed E-state index contributed by atoms with van der Waals surface area (Å²) in [6.45, 7) is 3.66. The van der Waals surface area contributed by atoms with Crippen LogP contribution in [0.5, 0.6) is 0 Å². The quantitative estimate of drug-likeness (QED) is 0.840. The minimum absolute atomic E-state index is 0.0790. The molecule has 130 valence electrons. The van der Waals surface area contributed by atoms with Gasteiger partial charge in [0.25, 0.3) is 5.91 Å². The summed E-state index contributed by atoms with van der Waals surface area (Å²) in [5.41, 5.74) is 0.178. The van der Waals surface area contributed by atoms with Crippen LogP contribution in [0.4, 0.5) is 0 Å². The molecular weight excluding hydrogens is 328 g/mol. The van der Waals surface area contributed by atoms with E-state index in [2.05, 4.69) is 10.2 Å². The van der Waals surface area contributed by atoms with Gasteiger partial charge < -0.3 is 9.80 Å². The van der Waals surface area contributed by atoms with E-state index in [1.807, 2.05) is 16.7 Å². The van der Waals surface area contributed by atoms with Crippen molar-refractivity contribution >= 4 is 23.6 Å². The number of aryl methyl sites for hydroxylation is 1. The molecular formula is C16H22N4O3S. The molecule has 24 heavy (non-hydrogen) atoms. The van der Waals surface area contributed by atoms with Crippen molar-refractivity contribution in [3.8, 4) is 0 Å².